The van der Waals surface area contributed by atoms with Gasteiger partial charge in [0.05, 0.1) is 5.02 Å². The molecule has 16 heavy (non-hydrogen) atoms. The van der Waals surface area contributed by atoms with E-state index >= 15 is 0 Å². The number of hydrogen-bond acceptors (Lipinski definition) is 1. The van der Waals surface area contributed by atoms with Crippen molar-refractivity contribution in [2.24, 2.45) is 5.92 Å². The average Bonchev–Trinajstić information content (AvgIpc) is 2.87. The Morgan fingerprint density at radius 2 is 2.00 bits per heavy atom. The van der Waals surface area contributed by atoms with Crippen LogP contribution in [0.15, 0.2) is 12.1 Å². The molecule has 0 bridgehead atoms. The minimum absolute atomic E-state index is 0.0502. The lowest BCUT2D eigenvalue weighted by atomic mass is 10.1. The standard InChI is InChI=1S/C12H14Cl2FN/c1-6-3-12(6)16-7(2)8-4-11(15)10(14)5-9(8)13/h4-7,12,16H,3H2,1-2H3. The molecule has 88 valence electrons. The van der Waals surface area contributed by atoms with Crippen LogP contribution in [-0.2, 0) is 0 Å². The van der Waals surface area contributed by atoms with Crippen LogP contribution in [0.5, 0.6) is 0 Å². The fourth-order valence-corrected chi connectivity index (χ4v) is 2.38. The second-order valence-corrected chi connectivity index (χ2v) is 5.31. The maximum absolute atomic E-state index is 13.3. The highest BCUT2D eigenvalue weighted by Crippen LogP contribution is 2.34. The topological polar surface area (TPSA) is 12.0 Å². The van der Waals surface area contributed by atoms with Crippen LogP contribution in [0.1, 0.15) is 31.9 Å². The molecule has 1 nitrogen and oxygen atoms in total. The van der Waals surface area contributed by atoms with Crippen molar-refractivity contribution in [2.75, 3.05) is 0 Å². The van der Waals surface area contributed by atoms with Gasteiger partial charge in [0.15, 0.2) is 0 Å². The highest BCUT2D eigenvalue weighted by Gasteiger charge is 2.33. The highest BCUT2D eigenvalue weighted by atomic mass is 35.5. The molecule has 1 fully saturated rings. The number of nitrogens with one attached hydrogen (secondary N) is 1. The van der Waals surface area contributed by atoms with E-state index in [1.807, 2.05) is 6.92 Å². The Hall–Kier alpha value is -0.310. The van der Waals surface area contributed by atoms with Gasteiger partial charge in [0.1, 0.15) is 5.82 Å². The Labute approximate surface area is 105 Å². The maximum Gasteiger partial charge on any atom is 0.142 e. The van der Waals surface area contributed by atoms with Gasteiger partial charge >= 0.3 is 0 Å². The van der Waals surface area contributed by atoms with Crippen LogP contribution < -0.4 is 5.32 Å². The number of hydrogen-bond donors (Lipinski definition) is 1. The van der Waals surface area contributed by atoms with Crippen molar-refractivity contribution >= 4 is 23.2 Å². The molecule has 0 amide bonds. The number of benzene rings is 1. The Balaban J connectivity index is 2.15. The van der Waals surface area contributed by atoms with Crippen LogP contribution in [0.3, 0.4) is 0 Å². The van der Waals surface area contributed by atoms with Gasteiger partial charge in [-0.2, -0.15) is 0 Å². The number of halogens is 3. The van der Waals surface area contributed by atoms with E-state index < -0.39 is 5.82 Å². The zero-order valence-electron chi connectivity index (χ0n) is 9.23. The lowest BCUT2D eigenvalue weighted by molar-refractivity contribution is 0.546. The van der Waals surface area contributed by atoms with E-state index in [9.17, 15) is 4.39 Å². The molecule has 3 atom stereocenters. The van der Waals surface area contributed by atoms with Crippen molar-refractivity contribution in [3.63, 3.8) is 0 Å². The molecule has 0 aliphatic heterocycles. The van der Waals surface area contributed by atoms with Crippen LogP contribution in [0.25, 0.3) is 0 Å². The van der Waals surface area contributed by atoms with Crippen LogP contribution in [0.4, 0.5) is 4.39 Å². The second kappa shape index (κ2) is 4.52. The van der Waals surface area contributed by atoms with E-state index in [2.05, 4.69) is 12.2 Å². The van der Waals surface area contributed by atoms with Gasteiger partial charge in [0.25, 0.3) is 0 Å². The summed E-state index contributed by atoms with van der Waals surface area (Å²) < 4.78 is 13.3. The van der Waals surface area contributed by atoms with Crippen molar-refractivity contribution in [2.45, 2.75) is 32.4 Å². The summed E-state index contributed by atoms with van der Waals surface area (Å²) in [6.07, 6.45) is 1.18. The SMILES string of the molecule is CC(NC1CC1C)c1cc(F)c(Cl)cc1Cl. The molecule has 1 saturated carbocycles. The van der Waals surface area contributed by atoms with Crippen molar-refractivity contribution in [1.29, 1.82) is 0 Å². The zero-order chi connectivity index (χ0) is 11.9. The summed E-state index contributed by atoms with van der Waals surface area (Å²) >= 11 is 11.7. The first kappa shape index (κ1) is 12.2. The van der Waals surface area contributed by atoms with E-state index in [0.29, 0.717) is 17.0 Å². The normalized spacial score (nSPS) is 25.6. The summed E-state index contributed by atoms with van der Waals surface area (Å²) in [5.41, 5.74) is 0.766. The van der Waals surface area contributed by atoms with Gasteiger partial charge in [-0.1, -0.05) is 30.1 Å². The Bertz CT molecular complexity index is 408. The number of rotatable bonds is 3. The molecular formula is C12H14Cl2FN. The van der Waals surface area contributed by atoms with Crippen molar-refractivity contribution in [3.8, 4) is 0 Å². The second-order valence-electron chi connectivity index (χ2n) is 4.50. The fraction of sp³-hybridized carbons (Fsp3) is 0.500. The average molecular weight is 262 g/mol. The molecule has 2 rings (SSSR count). The van der Waals surface area contributed by atoms with E-state index in [-0.39, 0.29) is 11.1 Å². The van der Waals surface area contributed by atoms with E-state index in [0.717, 1.165) is 5.56 Å². The van der Waals surface area contributed by atoms with Crippen LogP contribution in [-0.4, -0.2) is 6.04 Å². The first-order valence-corrected chi connectivity index (χ1v) is 6.15. The van der Waals surface area contributed by atoms with E-state index in [4.69, 9.17) is 23.2 Å². The summed E-state index contributed by atoms with van der Waals surface area (Å²) in [6.45, 7) is 4.17. The highest BCUT2D eigenvalue weighted by molar-refractivity contribution is 6.35. The van der Waals surface area contributed by atoms with Gasteiger partial charge in [-0.25, -0.2) is 4.39 Å². The third-order valence-electron chi connectivity index (χ3n) is 3.08. The Kier molecular flexibility index (Phi) is 3.43. The summed E-state index contributed by atoms with van der Waals surface area (Å²) in [5, 5.41) is 4.00. The predicted octanol–water partition coefficient (Wildman–Crippen LogP) is 4.19. The minimum atomic E-state index is -0.418. The molecule has 3 unspecified atom stereocenters. The molecule has 0 heterocycles. The molecule has 1 aromatic rings. The summed E-state index contributed by atoms with van der Waals surface area (Å²) in [7, 11) is 0. The molecule has 1 N–H and O–H groups in total. The van der Waals surface area contributed by atoms with Gasteiger partial charge in [0.2, 0.25) is 0 Å². The summed E-state index contributed by atoms with van der Waals surface area (Å²) in [4.78, 5) is 0. The Morgan fingerprint density at radius 1 is 1.38 bits per heavy atom. The molecule has 0 saturated heterocycles. The largest absolute Gasteiger partial charge is 0.307 e. The van der Waals surface area contributed by atoms with Crippen molar-refractivity contribution in [3.05, 3.63) is 33.6 Å². The lowest BCUT2D eigenvalue weighted by Crippen LogP contribution is -2.22. The molecule has 4 heteroatoms. The van der Waals surface area contributed by atoms with Gasteiger partial charge in [0, 0.05) is 17.1 Å². The van der Waals surface area contributed by atoms with Gasteiger partial charge < -0.3 is 5.32 Å². The molecule has 0 radical (unpaired) electrons. The third kappa shape index (κ3) is 2.50. The van der Waals surface area contributed by atoms with Crippen LogP contribution in [0, 0.1) is 11.7 Å². The van der Waals surface area contributed by atoms with E-state index in [1.54, 1.807) is 0 Å². The molecule has 0 spiro atoms. The van der Waals surface area contributed by atoms with Gasteiger partial charge in [-0.05, 0) is 37.0 Å². The maximum atomic E-state index is 13.3. The van der Waals surface area contributed by atoms with Crippen molar-refractivity contribution < 1.29 is 4.39 Å². The first-order valence-electron chi connectivity index (χ1n) is 5.39. The summed E-state index contributed by atoms with van der Waals surface area (Å²) in [6, 6.07) is 3.46. The quantitative estimate of drug-likeness (QED) is 0.805. The predicted molar refractivity (Wildman–Crippen MR) is 65.5 cm³/mol. The Morgan fingerprint density at radius 3 is 2.56 bits per heavy atom. The van der Waals surface area contributed by atoms with E-state index in [1.165, 1.54) is 18.6 Å². The van der Waals surface area contributed by atoms with Crippen LogP contribution >= 0.6 is 23.2 Å². The van der Waals surface area contributed by atoms with Crippen LogP contribution in [0.2, 0.25) is 10.0 Å². The third-order valence-corrected chi connectivity index (χ3v) is 3.70. The molecule has 0 aromatic heterocycles. The van der Waals surface area contributed by atoms with Gasteiger partial charge in [-0.15, -0.1) is 0 Å². The fourth-order valence-electron chi connectivity index (χ4n) is 1.83. The molecule has 1 aromatic carbocycles. The van der Waals surface area contributed by atoms with Crippen molar-refractivity contribution in [1.82, 2.24) is 5.32 Å². The molecular weight excluding hydrogens is 248 g/mol. The first-order chi connectivity index (χ1) is 7.49. The molecule has 1 aliphatic carbocycles. The lowest BCUT2D eigenvalue weighted by Gasteiger charge is -2.16. The summed E-state index contributed by atoms with van der Waals surface area (Å²) in [5.74, 6) is 0.289. The monoisotopic (exact) mass is 261 g/mol. The zero-order valence-corrected chi connectivity index (χ0v) is 10.7. The molecule has 1 aliphatic rings. The smallest absolute Gasteiger partial charge is 0.142 e. The minimum Gasteiger partial charge on any atom is -0.307 e. The van der Waals surface area contributed by atoms with Gasteiger partial charge in [-0.3, -0.25) is 0 Å².